The molecule has 1 atom stereocenters. The maximum Gasteiger partial charge on any atom is 0.285 e. The molecule has 0 bridgehead atoms. The summed E-state index contributed by atoms with van der Waals surface area (Å²) in [7, 11) is 0. The van der Waals surface area contributed by atoms with Gasteiger partial charge in [-0.1, -0.05) is 48.5 Å². The van der Waals surface area contributed by atoms with Gasteiger partial charge in [0.2, 0.25) is 0 Å². The molecule has 144 valence electrons. The molecular formula is C22H19N5O2. The number of anilines is 1. The molecule has 29 heavy (non-hydrogen) atoms. The molecule has 2 heterocycles. The highest BCUT2D eigenvalue weighted by molar-refractivity contribution is 6.39. The molecule has 3 aromatic rings. The lowest BCUT2D eigenvalue weighted by molar-refractivity contribution is -0.115. The lowest BCUT2D eigenvalue weighted by atomic mass is 10.0. The highest BCUT2D eigenvalue weighted by Crippen LogP contribution is 2.34. The Kier molecular flexibility index (Phi) is 5.29. The van der Waals surface area contributed by atoms with Crippen molar-refractivity contribution in [1.82, 2.24) is 15.8 Å². The van der Waals surface area contributed by atoms with Gasteiger partial charge in [0.15, 0.2) is 0 Å². The van der Waals surface area contributed by atoms with Crippen LogP contribution in [0.15, 0.2) is 90.3 Å². The van der Waals surface area contributed by atoms with E-state index >= 15 is 0 Å². The van der Waals surface area contributed by atoms with Crippen LogP contribution in [0.4, 0.5) is 5.69 Å². The van der Waals surface area contributed by atoms with Gasteiger partial charge >= 0.3 is 0 Å². The second-order valence-electron chi connectivity index (χ2n) is 6.51. The predicted molar refractivity (Wildman–Crippen MR) is 110 cm³/mol. The Morgan fingerprint density at radius 3 is 2.24 bits per heavy atom. The van der Waals surface area contributed by atoms with Gasteiger partial charge in [0.1, 0.15) is 5.71 Å². The SMILES string of the molecule is O=C(NNC(=O)c1cccnc1)C1=NN(c2ccccc2)C(c2ccccc2)C1. The number of rotatable bonds is 4. The van der Waals surface area contributed by atoms with E-state index in [2.05, 4.69) is 20.9 Å². The number of carbonyl (C=O) groups excluding carboxylic acids is 2. The minimum Gasteiger partial charge on any atom is -0.267 e. The molecule has 0 radical (unpaired) electrons. The van der Waals surface area contributed by atoms with Crippen LogP contribution in [0.1, 0.15) is 28.4 Å². The second kappa shape index (κ2) is 8.35. The Bertz CT molecular complexity index is 1020. The van der Waals surface area contributed by atoms with Crippen molar-refractivity contribution in [2.24, 2.45) is 5.10 Å². The van der Waals surface area contributed by atoms with Crippen LogP contribution in [0.25, 0.3) is 0 Å². The summed E-state index contributed by atoms with van der Waals surface area (Å²) < 4.78 is 0. The third kappa shape index (κ3) is 4.14. The normalized spacial score (nSPS) is 15.5. The zero-order chi connectivity index (χ0) is 20.1. The van der Waals surface area contributed by atoms with E-state index in [-0.39, 0.29) is 6.04 Å². The molecule has 2 amide bonds. The van der Waals surface area contributed by atoms with Gasteiger partial charge < -0.3 is 0 Å². The molecule has 2 N–H and O–H groups in total. The fourth-order valence-corrected chi connectivity index (χ4v) is 3.16. The van der Waals surface area contributed by atoms with Crippen molar-refractivity contribution in [1.29, 1.82) is 0 Å². The molecule has 2 aromatic carbocycles. The van der Waals surface area contributed by atoms with Crippen LogP contribution in [0.2, 0.25) is 0 Å². The molecule has 0 saturated heterocycles. The topological polar surface area (TPSA) is 86.7 Å². The Morgan fingerprint density at radius 1 is 0.862 bits per heavy atom. The van der Waals surface area contributed by atoms with E-state index in [1.165, 1.54) is 6.20 Å². The van der Waals surface area contributed by atoms with Crippen molar-refractivity contribution in [2.45, 2.75) is 12.5 Å². The maximum absolute atomic E-state index is 12.6. The first-order chi connectivity index (χ1) is 14.2. The first-order valence-corrected chi connectivity index (χ1v) is 9.20. The van der Waals surface area contributed by atoms with Gasteiger partial charge in [-0.3, -0.25) is 30.4 Å². The number of hydrogen-bond acceptors (Lipinski definition) is 5. The Labute approximate surface area is 168 Å². The minimum atomic E-state index is -0.443. The summed E-state index contributed by atoms with van der Waals surface area (Å²) in [6.07, 6.45) is 3.43. The van der Waals surface area contributed by atoms with Gasteiger partial charge in [-0.15, -0.1) is 0 Å². The van der Waals surface area contributed by atoms with Crippen molar-refractivity contribution in [2.75, 3.05) is 5.01 Å². The van der Waals surface area contributed by atoms with E-state index in [9.17, 15) is 9.59 Å². The summed E-state index contributed by atoms with van der Waals surface area (Å²) in [5.74, 6) is -0.883. The van der Waals surface area contributed by atoms with Gasteiger partial charge in [0, 0.05) is 18.8 Å². The van der Waals surface area contributed by atoms with Gasteiger partial charge in [0.25, 0.3) is 11.8 Å². The number of pyridine rings is 1. The number of para-hydroxylation sites is 1. The van der Waals surface area contributed by atoms with E-state index in [4.69, 9.17) is 0 Å². The molecule has 0 spiro atoms. The molecule has 1 aromatic heterocycles. The molecule has 1 unspecified atom stereocenters. The summed E-state index contributed by atoms with van der Waals surface area (Å²) in [5, 5.41) is 6.38. The lowest BCUT2D eigenvalue weighted by Gasteiger charge is -2.23. The average Bonchev–Trinajstić information content (AvgIpc) is 3.25. The summed E-state index contributed by atoms with van der Waals surface area (Å²) in [6.45, 7) is 0. The summed E-state index contributed by atoms with van der Waals surface area (Å²) in [5.41, 5.74) is 7.50. The minimum absolute atomic E-state index is 0.103. The quantitative estimate of drug-likeness (QED) is 0.676. The summed E-state index contributed by atoms with van der Waals surface area (Å²) in [6, 6.07) is 22.8. The van der Waals surface area contributed by atoms with Crippen LogP contribution in [-0.2, 0) is 4.79 Å². The van der Waals surface area contributed by atoms with E-state index in [1.807, 2.05) is 65.7 Å². The fraction of sp³-hybridized carbons (Fsp3) is 0.0909. The first-order valence-electron chi connectivity index (χ1n) is 9.20. The van der Waals surface area contributed by atoms with Crippen LogP contribution in [0.5, 0.6) is 0 Å². The molecule has 0 aliphatic carbocycles. The fourth-order valence-electron chi connectivity index (χ4n) is 3.16. The Hall–Kier alpha value is -4.00. The summed E-state index contributed by atoms with van der Waals surface area (Å²) in [4.78, 5) is 28.6. The number of hydrazine groups is 1. The highest BCUT2D eigenvalue weighted by Gasteiger charge is 2.32. The molecule has 1 aliphatic heterocycles. The molecule has 0 saturated carbocycles. The molecule has 1 aliphatic rings. The first kappa shape index (κ1) is 18.4. The van der Waals surface area contributed by atoms with Crippen LogP contribution in [0.3, 0.4) is 0 Å². The van der Waals surface area contributed by atoms with Crippen molar-refractivity contribution < 1.29 is 9.59 Å². The Balaban J connectivity index is 1.51. The van der Waals surface area contributed by atoms with Crippen molar-refractivity contribution in [3.63, 3.8) is 0 Å². The predicted octanol–water partition coefficient (Wildman–Crippen LogP) is 2.85. The number of nitrogens with zero attached hydrogens (tertiary/aromatic N) is 3. The lowest BCUT2D eigenvalue weighted by Crippen LogP contribution is -2.44. The molecule has 7 heteroatoms. The van der Waals surface area contributed by atoms with Crippen LogP contribution in [0, 0.1) is 0 Å². The highest BCUT2D eigenvalue weighted by atomic mass is 16.2. The van der Waals surface area contributed by atoms with E-state index in [0.29, 0.717) is 17.7 Å². The maximum atomic E-state index is 12.6. The van der Waals surface area contributed by atoms with E-state index in [1.54, 1.807) is 18.3 Å². The number of hydrogen-bond donors (Lipinski definition) is 2. The number of aromatic nitrogens is 1. The van der Waals surface area contributed by atoms with Gasteiger partial charge in [-0.05, 0) is 29.8 Å². The van der Waals surface area contributed by atoms with Crippen LogP contribution < -0.4 is 15.9 Å². The smallest absolute Gasteiger partial charge is 0.267 e. The molecular weight excluding hydrogens is 366 g/mol. The van der Waals surface area contributed by atoms with Gasteiger partial charge in [-0.2, -0.15) is 5.10 Å². The van der Waals surface area contributed by atoms with E-state index < -0.39 is 11.8 Å². The average molecular weight is 385 g/mol. The Morgan fingerprint density at radius 2 is 1.55 bits per heavy atom. The monoisotopic (exact) mass is 385 g/mol. The number of hydrazone groups is 1. The third-order valence-corrected chi connectivity index (χ3v) is 4.59. The summed E-state index contributed by atoms with van der Waals surface area (Å²) >= 11 is 0. The van der Waals surface area contributed by atoms with E-state index in [0.717, 1.165) is 11.3 Å². The number of carbonyl (C=O) groups is 2. The van der Waals surface area contributed by atoms with Crippen LogP contribution >= 0.6 is 0 Å². The number of amides is 2. The van der Waals surface area contributed by atoms with Crippen molar-refractivity contribution in [3.8, 4) is 0 Å². The van der Waals surface area contributed by atoms with Crippen LogP contribution in [-0.4, -0.2) is 22.5 Å². The zero-order valence-electron chi connectivity index (χ0n) is 15.5. The van der Waals surface area contributed by atoms with Crippen molar-refractivity contribution >= 4 is 23.2 Å². The largest absolute Gasteiger partial charge is 0.285 e. The molecule has 0 fully saturated rings. The molecule has 7 nitrogen and oxygen atoms in total. The molecule has 4 rings (SSSR count). The third-order valence-electron chi connectivity index (χ3n) is 4.59. The number of benzene rings is 2. The zero-order valence-corrected chi connectivity index (χ0v) is 15.5. The standard InChI is InChI=1S/C22H19N5O2/c28-21(17-10-7-13-23-15-17)24-25-22(29)19-14-20(16-8-3-1-4-9-16)27(26-19)18-11-5-2-6-12-18/h1-13,15,20H,14H2,(H,24,28)(H,25,29). The van der Waals surface area contributed by atoms with Crippen molar-refractivity contribution in [3.05, 3.63) is 96.3 Å². The second-order valence-corrected chi connectivity index (χ2v) is 6.51. The van der Waals surface area contributed by atoms with Gasteiger partial charge in [-0.25, -0.2) is 0 Å². The van der Waals surface area contributed by atoms with Gasteiger partial charge in [0.05, 0.1) is 17.3 Å². The number of nitrogens with one attached hydrogen (secondary N) is 2.